The first kappa shape index (κ1) is 28.3. The molecule has 3 amide bonds. The molecule has 0 radical (unpaired) electrons. The molecular formula is C25H41N3O5. The fraction of sp³-hybridized carbons (Fsp3) is 0.640. The van der Waals surface area contributed by atoms with Gasteiger partial charge in [0.1, 0.15) is 23.9 Å². The topological polar surface area (TPSA) is 108 Å². The minimum atomic E-state index is -1.10. The van der Waals surface area contributed by atoms with Gasteiger partial charge < -0.3 is 25.4 Å². The van der Waals surface area contributed by atoms with Gasteiger partial charge in [0.05, 0.1) is 0 Å². The molecule has 0 bridgehead atoms. The van der Waals surface area contributed by atoms with Crippen LogP contribution in [0.2, 0.25) is 0 Å². The quantitative estimate of drug-likeness (QED) is 0.562. The average Bonchev–Trinajstić information content (AvgIpc) is 2.63. The van der Waals surface area contributed by atoms with Crippen molar-refractivity contribution in [2.24, 2.45) is 0 Å². The van der Waals surface area contributed by atoms with Crippen LogP contribution in [-0.4, -0.2) is 51.1 Å². The molecule has 33 heavy (non-hydrogen) atoms. The van der Waals surface area contributed by atoms with Crippen LogP contribution >= 0.6 is 0 Å². The molecule has 0 saturated heterocycles. The molecule has 0 fully saturated rings. The first-order chi connectivity index (χ1) is 14.9. The van der Waals surface area contributed by atoms with Gasteiger partial charge in [0.15, 0.2) is 0 Å². The molecular weight excluding hydrogens is 422 g/mol. The third kappa shape index (κ3) is 8.26. The van der Waals surface area contributed by atoms with E-state index in [-0.39, 0.29) is 12.3 Å². The third-order valence-corrected chi connectivity index (χ3v) is 5.14. The van der Waals surface area contributed by atoms with Crippen molar-refractivity contribution >= 4 is 17.9 Å². The van der Waals surface area contributed by atoms with Crippen molar-refractivity contribution in [1.82, 2.24) is 15.5 Å². The second-order valence-electron chi connectivity index (χ2n) is 10.9. The van der Waals surface area contributed by atoms with E-state index in [4.69, 9.17) is 4.74 Å². The number of aryl methyl sites for hydroxylation is 1. The first-order valence-corrected chi connectivity index (χ1v) is 11.3. The molecule has 8 heteroatoms. The number of amides is 3. The highest BCUT2D eigenvalue weighted by Gasteiger charge is 2.42. The summed E-state index contributed by atoms with van der Waals surface area (Å²) in [6.45, 7) is 17.7. The fourth-order valence-corrected chi connectivity index (χ4v) is 3.29. The number of hydrogen-bond donors (Lipinski definition) is 3. The fourth-order valence-electron chi connectivity index (χ4n) is 3.29. The minimum Gasteiger partial charge on any atom is -0.507 e. The lowest BCUT2D eigenvalue weighted by molar-refractivity contribution is -0.147. The molecule has 0 heterocycles. The molecule has 0 spiro atoms. The van der Waals surface area contributed by atoms with E-state index in [0.717, 1.165) is 0 Å². The van der Waals surface area contributed by atoms with Crippen LogP contribution in [0.4, 0.5) is 4.79 Å². The Morgan fingerprint density at radius 1 is 1.06 bits per heavy atom. The Kier molecular flexibility index (Phi) is 8.94. The summed E-state index contributed by atoms with van der Waals surface area (Å²) in [5.41, 5.74) is -1.12. The van der Waals surface area contributed by atoms with E-state index in [1.807, 2.05) is 41.5 Å². The average molecular weight is 464 g/mol. The normalized spacial score (nSPS) is 13.2. The van der Waals surface area contributed by atoms with Crippen molar-refractivity contribution in [3.63, 3.8) is 0 Å². The largest absolute Gasteiger partial charge is 0.507 e. The lowest BCUT2D eigenvalue weighted by Gasteiger charge is -2.44. The summed E-state index contributed by atoms with van der Waals surface area (Å²) >= 11 is 0. The summed E-state index contributed by atoms with van der Waals surface area (Å²) in [5, 5.41) is 16.2. The van der Waals surface area contributed by atoms with E-state index in [1.165, 1.54) is 4.90 Å². The lowest BCUT2D eigenvalue weighted by Crippen LogP contribution is -2.57. The van der Waals surface area contributed by atoms with Crippen molar-refractivity contribution in [2.45, 2.75) is 98.4 Å². The van der Waals surface area contributed by atoms with Crippen LogP contribution in [0.15, 0.2) is 18.2 Å². The maximum absolute atomic E-state index is 13.5. The lowest BCUT2D eigenvalue weighted by atomic mass is 9.91. The Bertz CT molecular complexity index is 866. The number of hydrogen-bond acceptors (Lipinski definition) is 5. The van der Waals surface area contributed by atoms with Gasteiger partial charge in [0, 0.05) is 16.6 Å². The smallest absolute Gasteiger partial charge is 0.408 e. The number of benzene rings is 1. The number of phenols is 1. The molecule has 1 aromatic carbocycles. The highest BCUT2D eigenvalue weighted by molar-refractivity contribution is 5.91. The van der Waals surface area contributed by atoms with E-state index < -0.39 is 40.6 Å². The van der Waals surface area contributed by atoms with Crippen LogP contribution in [0.3, 0.4) is 0 Å². The number of alkyl carbamates (subject to hydrolysis) is 1. The van der Waals surface area contributed by atoms with Gasteiger partial charge in [-0.05, 0) is 74.3 Å². The number of ether oxygens (including phenoxy) is 1. The Hall–Kier alpha value is -2.77. The minimum absolute atomic E-state index is 0.0450. The van der Waals surface area contributed by atoms with Crippen LogP contribution in [0.5, 0.6) is 5.75 Å². The van der Waals surface area contributed by atoms with Crippen molar-refractivity contribution in [3.8, 4) is 5.75 Å². The Balaban J connectivity index is 3.49. The van der Waals surface area contributed by atoms with Gasteiger partial charge in [-0.1, -0.05) is 25.1 Å². The Labute approximate surface area is 198 Å². The number of rotatable bonds is 7. The molecule has 0 aliphatic carbocycles. The number of nitrogens with one attached hydrogen (secondary N) is 2. The van der Waals surface area contributed by atoms with E-state index >= 15 is 0 Å². The van der Waals surface area contributed by atoms with E-state index in [2.05, 4.69) is 10.6 Å². The molecule has 0 aliphatic heterocycles. The van der Waals surface area contributed by atoms with Crippen LogP contribution < -0.4 is 10.6 Å². The number of aromatic hydroxyl groups is 1. The summed E-state index contributed by atoms with van der Waals surface area (Å²) in [5.74, 6) is -0.936. The predicted molar refractivity (Wildman–Crippen MR) is 129 cm³/mol. The maximum Gasteiger partial charge on any atom is 0.408 e. The zero-order valence-corrected chi connectivity index (χ0v) is 21.8. The zero-order valence-electron chi connectivity index (χ0n) is 21.8. The molecule has 8 nitrogen and oxygen atoms in total. The molecule has 1 atom stereocenters. The van der Waals surface area contributed by atoms with Crippen molar-refractivity contribution in [3.05, 3.63) is 29.3 Å². The SMILES string of the molecule is CCC(C)(C)N(C(=O)CNC(=O)OC(C)(C)C)C(C(=O)NC(C)(C)C)c1cccc(C)c1O. The van der Waals surface area contributed by atoms with Gasteiger partial charge in [0.2, 0.25) is 11.8 Å². The molecule has 3 N–H and O–H groups in total. The number of carbonyl (C=O) groups is 3. The second-order valence-corrected chi connectivity index (χ2v) is 10.9. The van der Waals surface area contributed by atoms with Crippen molar-refractivity contribution < 1.29 is 24.2 Å². The summed E-state index contributed by atoms with van der Waals surface area (Å²) in [6, 6.07) is 4.01. The van der Waals surface area contributed by atoms with Crippen molar-refractivity contribution in [2.75, 3.05) is 6.54 Å². The molecule has 0 saturated carbocycles. The van der Waals surface area contributed by atoms with Gasteiger partial charge in [-0.25, -0.2) is 4.79 Å². The van der Waals surface area contributed by atoms with Crippen LogP contribution in [0.25, 0.3) is 0 Å². The second kappa shape index (κ2) is 10.4. The molecule has 186 valence electrons. The van der Waals surface area contributed by atoms with Crippen LogP contribution in [0, 0.1) is 6.92 Å². The predicted octanol–water partition coefficient (Wildman–Crippen LogP) is 4.20. The molecule has 0 aliphatic rings. The highest BCUT2D eigenvalue weighted by atomic mass is 16.6. The van der Waals surface area contributed by atoms with Gasteiger partial charge in [0.25, 0.3) is 0 Å². The van der Waals surface area contributed by atoms with E-state index in [0.29, 0.717) is 17.5 Å². The molecule has 0 aromatic heterocycles. The van der Waals surface area contributed by atoms with Crippen LogP contribution in [0.1, 0.15) is 85.9 Å². The van der Waals surface area contributed by atoms with Gasteiger partial charge in [-0.15, -0.1) is 0 Å². The monoisotopic (exact) mass is 463 g/mol. The maximum atomic E-state index is 13.5. The first-order valence-electron chi connectivity index (χ1n) is 11.3. The van der Waals surface area contributed by atoms with Gasteiger partial charge in [-0.3, -0.25) is 9.59 Å². The van der Waals surface area contributed by atoms with Crippen LogP contribution in [-0.2, 0) is 14.3 Å². The summed E-state index contributed by atoms with van der Waals surface area (Å²) in [4.78, 5) is 40.6. The number of phenolic OH excluding ortho intramolecular Hbond substituents is 1. The van der Waals surface area contributed by atoms with Crippen molar-refractivity contribution in [1.29, 1.82) is 0 Å². The molecule has 1 aromatic rings. The molecule has 1 unspecified atom stereocenters. The number of para-hydroxylation sites is 1. The number of nitrogens with zero attached hydrogens (tertiary/aromatic N) is 1. The third-order valence-electron chi connectivity index (χ3n) is 5.14. The van der Waals surface area contributed by atoms with E-state index in [1.54, 1.807) is 45.9 Å². The van der Waals surface area contributed by atoms with Gasteiger partial charge in [-0.2, -0.15) is 0 Å². The van der Waals surface area contributed by atoms with E-state index in [9.17, 15) is 19.5 Å². The summed E-state index contributed by atoms with van der Waals surface area (Å²) in [7, 11) is 0. The summed E-state index contributed by atoms with van der Waals surface area (Å²) in [6.07, 6.45) is -0.184. The zero-order chi connectivity index (χ0) is 25.8. The summed E-state index contributed by atoms with van der Waals surface area (Å²) < 4.78 is 5.23. The standard InChI is InChI=1S/C25H41N3O5/c1-11-25(9,10)28(18(29)15-26-22(32)33-24(6,7)8)19(21(31)27-23(3,4)5)17-14-12-13-16(2)20(17)30/h12-14,19,30H,11,15H2,1-10H3,(H,26,32)(H,27,31). The Morgan fingerprint density at radius 3 is 2.12 bits per heavy atom. The Morgan fingerprint density at radius 2 is 1.64 bits per heavy atom. The number of carbonyl (C=O) groups excluding carboxylic acids is 3. The van der Waals surface area contributed by atoms with Gasteiger partial charge >= 0.3 is 6.09 Å². The highest BCUT2D eigenvalue weighted by Crippen LogP contribution is 2.37. The molecule has 1 rings (SSSR count).